The predicted molar refractivity (Wildman–Crippen MR) is 49.7 cm³/mol. The maximum Gasteiger partial charge on any atom is 0.207 e. The third-order valence-corrected chi connectivity index (χ3v) is 1.84. The fourth-order valence-electron chi connectivity index (χ4n) is 1.04. The van der Waals surface area contributed by atoms with E-state index in [2.05, 4.69) is 10.7 Å². The second-order valence-corrected chi connectivity index (χ2v) is 2.90. The average Bonchev–Trinajstić information content (AvgIpc) is 2.10. The molecule has 1 unspecified atom stereocenters. The molecule has 1 amide bonds. The third-order valence-electron chi connectivity index (χ3n) is 1.84. The Kier molecular flexibility index (Phi) is 7.14. The minimum atomic E-state index is -0.253. The number of Topliss-reactive ketones (excluding diaryl/α,β-unsaturated/α-hetero) is 1. The Morgan fingerprint density at radius 1 is 1.54 bits per heavy atom. The van der Waals surface area contributed by atoms with Gasteiger partial charge in [-0.2, -0.15) is 0 Å². The first kappa shape index (κ1) is 12.1. The minimum Gasteiger partial charge on any atom is -0.359 e. The van der Waals surface area contributed by atoms with Gasteiger partial charge in [0.05, 0.1) is 6.04 Å². The number of hydrogen-bond acceptors (Lipinski definition) is 4. The standard InChI is InChI=1S/C8H17N3O2/c1-7(13)8(11-9)4-2-3-5-10-6-12/h6,8,11H,2-5,9H2,1H3,(H,10,12). The molecule has 0 aromatic carbocycles. The highest BCUT2D eigenvalue weighted by Gasteiger charge is 2.10. The highest BCUT2D eigenvalue weighted by Crippen LogP contribution is 2.00. The fraction of sp³-hybridized carbons (Fsp3) is 0.750. The summed E-state index contributed by atoms with van der Waals surface area (Å²) in [6.45, 7) is 2.16. The number of carbonyl (C=O) groups excluding carboxylic acids is 2. The molecule has 0 radical (unpaired) electrons. The molecule has 76 valence electrons. The SMILES string of the molecule is CC(=O)C(CCCCNC=O)NN. The topological polar surface area (TPSA) is 84.2 Å². The van der Waals surface area contributed by atoms with Crippen LogP contribution in [0, 0.1) is 0 Å². The molecule has 0 rings (SSSR count). The summed E-state index contributed by atoms with van der Waals surface area (Å²) in [5, 5.41) is 2.55. The summed E-state index contributed by atoms with van der Waals surface area (Å²) >= 11 is 0. The van der Waals surface area contributed by atoms with Crippen LogP contribution in [0.2, 0.25) is 0 Å². The van der Waals surface area contributed by atoms with E-state index in [1.165, 1.54) is 6.92 Å². The Hall–Kier alpha value is -0.940. The van der Waals surface area contributed by atoms with Crippen molar-refractivity contribution >= 4 is 12.2 Å². The van der Waals surface area contributed by atoms with Crippen molar-refractivity contribution in [1.82, 2.24) is 10.7 Å². The van der Waals surface area contributed by atoms with Crippen LogP contribution in [0.5, 0.6) is 0 Å². The highest BCUT2D eigenvalue weighted by atomic mass is 16.1. The van der Waals surface area contributed by atoms with E-state index in [0.29, 0.717) is 19.4 Å². The second-order valence-electron chi connectivity index (χ2n) is 2.90. The summed E-state index contributed by atoms with van der Waals surface area (Å²) in [6, 6.07) is -0.253. The Morgan fingerprint density at radius 2 is 2.23 bits per heavy atom. The first-order valence-electron chi connectivity index (χ1n) is 4.36. The van der Waals surface area contributed by atoms with Crippen LogP contribution in [-0.4, -0.2) is 24.8 Å². The Morgan fingerprint density at radius 3 is 2.69 bits per heavy atom. The van der Waals surface area contributed by atoms with E-state index in [4.69, 9.17) is 5.84 Å². The van der Waals surface area contributed by atoms with Gasteiger partial charge in [0.15, 0.2) is 0 Å². The van der Waals surface area contributed by atoms with Crippen molar-refractivity contribution in [3.05, 3.63) is 0 Å². The van der Waals surface area contributed by atoms with Gasteiger partial charge in [-0.25, -0.2) is 5.43 Å². The van der Waals surface area contributed by atoms with Crippen LogP contribution in [0.15, 0.2) is 0 Å². The maximum atomic E-state index is 10.9. The smallest absolute Gasteiger partial charge is 0.207 e. The van der Waals surface area contributed by atoms with Gasteiger partial charge in [0.2, 0.25) is 6.41 Å². The molecule has 0 saturated carbocycles. The number of hydrazine groups is 1. The van der Waals surface area contributed by atoms with Crippen molar-refractivity contribution < 1.29 is 9.59 Å². The van der Waals surface area contributed by atoms with Gasteiger partial charge >= 0.3 is 0 Å². The molecular weight excluding hydrogens is 170 g/mol. The predicted octanol–water partition coefficient (Wildman–Crippen LogP) is -0.676. The molecule has 1 atom stereocenters. The number of nitrogens with two attached hydrogens (primary N) is 1. The van der Waals surface area contributed by atoms with Crippen LogP contribution in [0.25, 0.3) is 0 Å². The van der Waals surface area contributed by atoms with E-state index in [0.717, 1.165) is 12.8 Å². The molecule has 0 saturated heterocycles. The van der Waals surface area contributed by atoms with E-state index in [-0.39, 0.29) is 11.8 Å². The molecule has 0 spiro atoms. The molecule has 0 aliphatic rings. The fourth-order valence-corrected chi connectivity index (χ4v) is 1.04. The van der Waals surface area contributed by atoms with Gasteiger partial charge in [0.1, 0.15) is 5.78 Å². The van der Waals surface area contributed by atoms with Crippen molar-refractivity contribution in [3.63, 3.8) is 0 Å². The highest BCUT2D eigenvalue weighted by molar-refractivity contribution is 5.81. The first-order valence-corrected chi connectivity index (χ1v) is 4.36. The van der Waals surface area contributed by atoms with Gasteiger partial charge in [-0.15, -0.1) is 0 Å². The summed E-state index contributed by atoms with van der Waals surface area (Å²) in [5.41, 5.74) is 2.45. The van der Waals surface area contributed by atoms with Gasteiger partial charge in [0, 0.05) is 6.54 Å². The van der Waals surface area contributed by atoms with Gasteiger partial charge in [-0.3, -0.25) is 15.4 Å². The van der Waals surface area contributed by atoms with Crippen LogP contribution in [0.3, 0.4) is 0 Å². The van der Waals surface area contributed by atoms with Crippen molar-refractivity contribution in [2.45, 2.75) is 32.2 Å². The monoisotopic (exact) mass is 187 g/mol. The van der Waals surface area contributed by atoms with Crippen LogP contribution in [0.4, 0.5) is 0 Å². The van der Waals surface area contributed by atoms with Crippen LogP contribution < -0.4 is 16.6 Å². The quantitative estimate of drug-likeness (QED) is 0.203. The van der Waals surface area contributed by atoms with Crippen molar-refractivity contribution in [1.29, 1.82) is 0 Å². The van der Waals surface area contributed by atoms with Gasteiger partial charge in [-0.05, 0) is 26.2 Å². The normalized spacial score (nSPS) is 12.2. The number of rotatable bonds is 8. The molecule has 0 fully saturated rings. The zero-order chi connectivity index (χ0) is 10.1. The Labute approximate surface area is 78.0 Å². The average molecular weight is 187 g/mol. The zero-order valence-corrected chi connectivity index (χ0v) is 7.88. The number of hydrogen-bond donors (Lipinski definition) is 3. The molecule has 0 aliphatic heterocycles. The Bertz CT molecular complexity index is 161. The van der Waals surface area contributed by atoms with Gasteiger partial charge in [0.25, 0.3) is 0 Å². The van der Waals surface area contributed by atoms with Crippen molar-refractivity contribution in [3.8, 4) is 0 Å². The summed E-state index contributed by atoms with van der Waals surface area (Å²) in [5.74, 6) is 5.22. The number of nitrogens with one attached hydrogen (secondary N) is 2. The molecule has 5 nitrogen and oxygen atoms in total. The molecule has 0 bridgehead atoms. The van der Waals surface area contributed by atoms with Crippen molar-refractivity contribution in [2.75, 3.05) is 6.54 Å². The molecule has 0 aliphatic carbocycles. The third kappa shape index (κ3) is 6.24. The molecule has 0 aromatic rings. The number of ketones is 1. The minimum absolute atomic E-state index is 0.0471. The van der Waals surface area contributed by atoms with E-state index < -0.39 is 0 Å². The van der Waals surface area contributed by atoms with E-state index in [9.17, 15) is 9.59 Å². The molecule has 0 aromatic heterocycles. The maximum absolute atomic E-state index is 10.9. The lowest BCUT2D eigenvalue weighted by Crippen LogP contribution is -2.40. The lowest BCUT2D eigenvalue weighted by atomic mass is 10.1. The number of carbonyl (C=O) groups is 2. The number of unbranched alkanes of at least 4 members (excludes halogenated alkanes) is 1. The lowest BCUT2D eigenvalue weighted by molar-refractivity contribution is -0.119. The van der Waals surface area contributed by atoms with Crippen LogP contribution >= 0.6 is 0 Å². The summed E-state index contributed by atoms with van der Waals surface area (Å²) < 4.78 is 0. The molecular formula is C8H17N3O2. The number of amides is 1. The van der Waals surface area contributed by atoms with E-state index >= 15 is 0 Å². The molecule has 0 heterocycles. The first-order chi connectivity index (χ1) is 6.22. The van der Waals surface area contributed by atoms with Gasteiger partial charge < -0.3 is 5.32 Å². The van der Waals surface area contributed by atoms with E-state index in [1.54, 1.807) is 0 Å². The molecule has 4 N–H and O–H groups in total. The summed E-state index contributed by atoms with van der Waals surface area (Å²) in [7, 11) is 0. The second kappa shape index (κ2) is 7.70. The molecule has 13 heavy (non-hydrogen) atoms. The zero-order valence-electron chi connectivity index (χ0n) is 7.88. The van der Waals surface area contributed by atoms with Crippen molar-refractivity contribution in [2.24, 2.45) is 5.84 Å². The van der Waals surface area contributed by atoms with Crippen LogP contribution in [-0.2, 0) is 9.59 Å². The van der Waals surface area contributed by atoms with Gasteiger partial charge in [-0.1, -0.05) is 0 Å². The largest absolute Gasteiger partial charge is 0.359 e. The lowest BCUT2D eigenvalue weighted by Gasteiger charge is -2.11. The van der Waals surface area contributed by atoms with Crippen LogP contribution in [0.1, 0.15) is 26.2 Å². The molecule has 5 heteroatoms. The Balaban J connectivity index is 3.38. The summed E-state index contributed by atoms with van der Waals surface area (Å²) in [4.78, 5) is 20.7. The summed E-state index contributed by atoms with van der Waals surface area (Å²) in [6.07, 6.45) is 3.12. The van der Waals surface area contributed by atoms with E-state index in [1.807, 2.05) is 0 Å².